The fourth-order valence-corrected chi connectivity index (χ4v) is 2.29. The van der Waals surface area contributed by atoms with Crippen LogP contribution in [0.25, 0.3) is 0 Å². The minimum atomic E-state index is -0.0163. The van der Waals surface area contributed by atoms with E-state index >= 15 is 0 Å². The van der Waals surface area contributed by atoms with Crippen LogP contribution in [-0.2, 0) is 0 Å². The third-order valence-electron chi connectivity index (χ3n) is 3.63. The molecule has 2 heterocycles. The van der Waals surface area contributed by atoms with Gasteiger partial charge < -0.3 is 16.0 Å². The van der Waals surface area contributed by atoms with Crippen molar-refractivity contribution >= 4 is 11.7 Å². The molecule has 1 aromatic heterocycles. The molecule has 2 fully saturated rings. The molecule has 0 bridgehead atoms. The summed E-state index contributed by atoms with van der Waals surface area (Å²) in [5.74, 6) is 0.846. The van der Waals surface area contributed by atoms with Gasteiger partial charge in [-0.1, -0.05) is 0 Å². The van der Waals surface area contributed by atoms with Crippen LogP contribution in [0.3, 0.4) is 0 Å². The maximum Gasteiger partial charge on any atom is 0.253 e. The number of aromatic nitrogens is 1. The van der Waals surface area contributed by atoms with E-state index in [4.69, 9.17) is 0 Å². The summed E-state index contributed by atoms with van der Waals surface area (Å²) in [5.41, 5.74) is 0.639. The van der Waals surface area contributed by atoms with E-state index in [1.807, 2.05) is 12.1 Å². The van der Waals surface area contributed by atoms with Crippen molar-refractivity contribution in [3.05, 3.63) is 23.9 Å². The van der Waals surface area contributed by atoms with E-state index in [1.54, 1.807) is 6.20 Å². The van der Waals surface area contributed by atoms with Gasteiger partial charge in [0, 0.05) is 18.3 Å². The zero-order valence-corrected chi connectivity index (χ0v) is 11.0. The maximum absolute atomic E-state index is 12.1. The molecule has 2 aliphatic rings. The van der Waals surface area contributed by atoms with Gasteiger partial charge >= 0.3 is 0 Å². The number of anilines is 1. The molecule has 3 rings (SSSR count). The Kier molecular flexibility index (Phi) is 3.64. The summed E-state index contributed by atoms with van der Waals surface area (Å²) in [6.45, 7) is 1.96. The molecule has 0 aromatic carbocycles. The highest BCUT2D eigenvalue weighted by Gasteiger charge is 2.21. The number of carbonyl (C=O) groups excluding carboxylic acids is 1. The topological polar surface area (TPSA) is 66.1 Å². The lowest BCUT2D eigenvalue weighted by atomic mass is 10.1. The van der Waals surface area contributed by atoms with Crippen molar-refractivity contribution in [1.82, 2.24) is 15.6 Å². The molecular weight excluding hydrogens is 240 g/mol. The number of nitrogens with one attached hydrogen (secondary N) is 3. The van der Waals surface area contributed by atoms with Gasteiger partial charge in [-0.15, -0.1) is 0 Å². The second-order valence-corrected chi connectivity index (χ2v) is 5.35. The molecule has 1 aliphatic carbocycles. The summed E-state index contributed by atoms with van der Waals surface area (Å²) in [7, 11) is 0. The van der Waals surface area contributed by atoms with Crippen molar-refractivity contribution in [2.45, 2.75) is 37.8 Å². The Bertz CT molecular complexity index is 435. The molecule has 1 saturated heterocycles. The minimum absolute atomic E-state index is 0.0163. The Hall–Kier alpha value is -1.62. The Labute approximate surface area is 113 Å². The minimum Gasteiger partial charge on any atom is -0.367 e. The summed E-state index contributed by atoms with van der Waals surface area (Å²) >= 11 is 0. The van der Waals surface area contributed by atoms with E-state index < -0.39 is 0 Å². The predicted molar refractivity (Wildman–Crippen MR) is 74.2 cm³/mol. The third-order valence-corrected chi connectivity index (χ3v) is 3.63. The van der Waals surface area contributed by atoms with Gasteiger partial charge in [-0.2, -0.15) is 0 Å². The van der Waals surface area contributed by atoms with Crippen LogP contribution in [0.5, 0.6) is 0 Å². The number of pyridine rings is 1. The SMILES string of the molecule is O=C(NC1CCNCC1)c1ccc(NC2CC2)nc1. The lowest BCUT2D eigenvalue weighted by molar-refractivity contribution is 0.0929. The summed E-state index contributed by atoms with van der Waals surface area (Å²) < 4.78 is 0. The largest absolute Gasteiger partial charge is 0.367 e. The Balaban J connectivity index is 1.55. The van der Waals surface area contributed by atoms with Gasteiger partial charge in [0.15, 0.2) is 0 Å². The van der Waals surface area contributed by atoms with Crippen molar-refractivity contribution in [1.29, 1.82) is 0 Å². The van der Waals surface area contributed by atoms with Gasteiger partial charge in [-0.25, -0.2) is 4.98 Å². The summed E-state index contributed by atoms with van der Waals surface area (Å²) in [6, 6.07) is 4.60. The molecule has 5 heteroatoms. The molecule has 0 unspecified atom stereocenters. The van der Waals surface area contributed by atoms with E-state index in [0.717, 1.165) is 31.7 Å². The first-order chi connectivity index (χ1) is 9.31. The van der Waals surface area contributed by atoms with Gasteiger partial charge in [0.05, 0.1) is 5.56 Å². The van der Waals surface area contributed by atoms with Crippen LogP contribution in [0, 0.1) is 0 Å². The van der Waals surface area contributed by atoms with Crippen LogP contribution < -0.4 is 16.0 Å². The van der Waals surface area contributed by atoms with Gasteiger partial charge in [0.25, 0.3) is 5.91 Å². The lowest BCUT2D eigenvalue weighted by Crippen LogP contribution is -2.42. The lowest BCUT2D eigenvalue weighted by Gasteiger charge is -2.23. The fraction of sp³-hybridized carbons (Fsp3) is 0.571. The molecule has 1 saturated carbocycles. The molecular formula is C14H20N4O. The number of nitrogens with zero attached hydrogens (tertiary/aromatic N) is 1. The van der Waals surface area contributed by atoms with Crippen LogP contribution in [0.4, 0.5) is 5.82 Å². The second-order valence-electron chi connectivity index (χ2n) is 5.35. The summed E-state index contributed by atoms with van der Waals surface area (Å²) in [4.78, 5) is 16.4. The number of carbonyl (C=O) groups is 1. The van der Waals surface area contributed by atoms with E-state index in [2.05, 4.69) is 20.9 Å². The number of amides is 1. The predicted octanol–water partition coefficient (Wildman–Crippen LogP) is 1.14. The van der Waals surface area contributed by atoms with Gasteiger partial charge in [0.1, 0.15) is 5.82 Å². The first-order valence-corrected chi connectivity index (χ1v) is 7.05. The highest BCUT2D eigenvalue weighted by atomic mass is 16.1. The normalized spacial score (nSPS) is 20.0. The average molecular weight is 260 g/mol. The molecule has 1 aromatic rings. The molecule has 102 valence electrons. The van der Waals surface area contributed by atoms with E-state index in [0.29, 0.717) is 11.6 Å². The number of piperidine rings is 1. The van der Waals surface area contributed by atoms with Crippen molar-refractivity contribution in [3.8, 4) is 0 Å². The van der Waals surface area contributed by atoms with Crippen molar-refractivity contribution in [3.63, 3.8) is 0 Å². The van der Waals surface area contributed by atoms with Crippen molar-refractivity contribution in [2.75, 3.05) is 18.4 Å². The summed E-state index contributed by atoms with van der Waals surface area (Å²) in [6.07, 6.45) is 6.10. The smallest absolute Gasteiger partial charge is 0.253 e. The van der Waals surface area contributed by atoms with Crippen LogP contribution >= 0.6 is 0 Å². The van der Waals surface area contributed by atoms with Gasteiger partial charge in [-0.3, -0.25) is 4.79 Å². The maximum atomic E-state index is 12.1. The number of hydrogen-bond acceptors (Lipinski definition) is 4. The molecule has 1 amide bonds. The third kappa shape index (κ3) is 3.44. The highest BCUT2D eigenvalue weighted by molar-refractivity contribution is 5.94. The quantitative estimate of drug-likeness (QED) is 0.759. The van der Waals surface area contributed by atoms with Crippen LogP contribution in [-0.4, -0.2) is 36.1 Å². The van der Waals surface area contributed by atoms with Crippen LogP contribution in [0.15, 0.2) is 18.3 Å². The average Bonchev–Trinajstić information content (AvgIpc) is 3.25. The zero-order valence-electron chi connectivity index (χ0n) is 11.0. The van der Waals surface area contributed by atoms with E-state index in [-0.39, 0.29) is 11.9 Å². The molecule has 0 atom stereocenters. The van der Waals surface area contributed by atoms with Gasteiger partial charge in [-0.05, 0) is 50.9 Å². The Morgan fingerprint density at radius 3 is 2.58 bits per heavy atom. The summed E-state index contributed by atoms with van der Waals surface area (Å²) in [5, 5.41) is 9.67. The highest BCUT2D eigenvalue weighted by Crippen LogP contribution is 2.23. The second kappa shape index (κ2) is 5.57. The monoisotopic (exact) mass is 260 g/mol. The molecule has 5 nitrogen and oxygen atoms in total. The van der Waals surface area contributed by atoms with Crippen molar-refractivity contribution in [2.24, 2.45) is 0 Å². The molecule has 3 N–H and O–H groups in total. The van der Waals surface area contributed by atoms with E-state index in [9.17, 15) is 4.79 Å². The molecule has 1 aliphatic heterocycles. The van der Waals surface area contributed by atoms with Crippen LogP contribution in [0.2, 0.25) is 0 Å². The standard InChI is InChI=1S/C14H20N4O/c19-14(18-12-5-7-15-8-6-12)10-1-4-13(16-9-10)17-11-2-3-11/h1,4,9,11-12,15H,2-3,5-8H2,(H,16,17)(H,18,19). The molecule has 0 spiro atoms. The zero-order chi connectivity index (χ0) is 13.1. The fourth-order valence-electron chi connectivity index (χ4n) is 2.29. The van der Waals surface area contributed by atoms with Crippen molar-refractivity contribution < 1.29 is 4.79 Å². The molecule has 0 radical (unpaired) electrons. The molecule has 19 heavy (non-hydrogen) atoms. The van der Waals surface area contributed by atoms with E-state index in [1.165, 1.54) is 12.8 Å². The Morgan fingerprint density at radius 1 is 1.16 bits per heavy atom. The Morgan fingerprint density at radius 2 is 1.95 bits per heavy atom. The number of rotatable bonds is 4. The first kappa shape index (κ1) is 12.4. The van der Waals surface area contributed by atoms with Crippen LogP contribution in [0.1, 0.15) is 36.0 Å². The van der Waals surface area contributed by atoms with Gasteiger partial charge in [0.2, 0.25) is 0 Å². The number of hydrogen-bond donors (Lipinski definition) is 3. The first-order valence-electron chi connectivity index (χ1n) is 7.05.